The van der Waals surface area contributed by atoms with Crippen molar-refractivity contribution >= 4 is 27.4 Å². The topological polar surface area (TPSA) is 40.9 Å². The van der Waals surface area contributed by atoms with Gasteiger partial charge in [0, 0.05) is 22.2 Å². The Labute approximate surface area is 139 Å². The van der Waals surface area contributed by atoms with Gasteiger partial charge in [-0.1, -0.05) is 34.1 Å². The molecule has 2 nitrogen and oxygen atoms in total. The lowest BCUT2D eigenvalue weighted by Crippen LogP contribution is -2.04. The van der Waals surface area contributed by atoms with E-state index in [2.05, 4.69) is 34.1 Å². The van der Waals surface area contributed by atoms with E-state index in [0.717, 1.165) is 51.7 Å². The van der Waals surface area contributed by atoms with Crippen LogP contribution in [0.4, 0.5) is 0 Å². The first-order valence-electron chi connectivity index (χ1n) is 7.53. The van der Waals surface area contributed by atoms with E-state index in [9.17, 15) is 4.79 Å². The number of aryl methyl sites for hydroxylation is 3. The molecule has 1 aliphatic rings. The summed E-state index contributed by atoms with van der Waals surface area (Å²) in [6.45, 7) is 1.97. The highest BCUT2D eigenvalue weighted by atomic mass is 79.9. The van der Waals surface area contributed by atoms with Gasteiger partial charge in [0.25, 0.3) is 0 Å². The summed E-state index contributed by atoms with van der Waals surface area (Å²) in [5, 5.41) is 7.96. The molecule has 0 bridgehead atoms. The van der Waals surface area contributed by atoms with Crippen LogP contribution in [0.15, 0.2) is 40.9 Å². The molecule has 0 radical (unpaired) electrons. The fraction of sp³-hybridized carbons (Fsp3) is 0.263. The van der Waals surface area contributed by atoms with Crippen molar-refractivity contribution in [1.82, 2.24) is 0 Å². The zero-order chi connectivity index (χ0) is 15.7. The largest absolute Gasteiger partial charge is 0.305 e. The average molecular weight is 356 g/mol. The molecule has 0 amide bonds. The quantitative estimate of drug-likeness (QED) is 0.779. The van der Waals surface area contributed by atoms with Gasteiger partial charge in [0.1, 0.15) is 0 Å². The summed E-state index contributed by atoms with van der Waals surface area (Å²) in [7, 11) is 0. The Morgan fingerprint density at radius 2 is 2.00 bits per heavy atom. The smallest absolute Gasteiger partial charge is 0.163 e. The third kappa shape index (κ3) is 3.05. The summed E-state index contributed by atoms with van der Waals surface area (Å²) < 4.78 is 0.999. The van der Waals surface area contributed by atoms with Crippen LogP contribution in [0.3, 0.4) is 0 Å². The molecule has 0 fully saturated rings. The molecule has 1 N–H and O–H groups in total. The normalized spacial score (nSPS) is 13.3. The number of Topliss-reactive ketones (excluding diaryl/α,β-unsaturated/α-hetero) is 1. The lowest BCUT2D eigenvalue weighted by atomic mass is 9.97. The van der Waals surface area contributed by atoms with Gasteiger partial charge in [0.2, 0.25) is 0 Å². The lowest BCUT2D eigenvalue weighted by Gasteiger charge is -2.07. The second-order valence-corrected chi connectivity index (χ2v) is 6.77. The van der Waals surface area contributed by atoms with Crippen molar-refractivity contribution in [2.45, 2.75) is 32.6 Å². The number of hydrogen-bond donors (Lipinski definition) is 1. The molecular weight excluding hydrogens is 338 g/mol. The van der Waals surface area contributed by atoms with Crippen LogP contribution in [-0.4, -0.2) is 11.5 Å². The van der Waals surface area contributed by atoms with Gasteiger partial charge in [-0.2, -0.15) is 0 Å². The predicted molar refractivity (Wildman–Crippen MR) is 93.1 cm³/mol. The summed E-state index contributed by atoms with van der Waals surface area (Å²) in [5.41, 5.74) is 6.03. The SMILES string of the molecule is Cc1cc(Br)ccc1C(=O)CCc1ccc2c(c1)C(=N)CC2. The van der Waals surface area contributed by atoms with Crippen molar-refractivity contribution in [2.75, 3.05) is 0 Å². The maximum Gasteiger partial charge on any atom is 0.163 e. The molecule has 2 aromatic rings. The Hall–Kier alpha value is -1.74. The molecule has 3 heteroatoms. The highest BCUT2D eigenvalue weighted by Gasteiger charge is 2.16. The highest BCUT2D eigenvalue weighted by Crippen LogP contribution is 2.24. The molecule has 1 aliphatic carbocycles. The van der Waals surface area contributed by atoms with Crippen molar-refractivity contribution in [1.29, 1.82) is 5.41 Å². The van der Waals surface area contributed by atoms with Gasteiger partial charge in [-0.05, 0) is 66.6 Å². The Morgan fingerprint density at radius 3 is 2.77 bits per heavy atom. The van der Waals surface area contributed by atoms with Crippen molar-refractivity contribution < 1.29 is 4.79 Å². The number of ketones is 1. The number of carbonyl (C=O) groups excluding carboxylic acids is 1. The molecule has 22 heavy (non-hydrogen) atoms. The molecule has 0 aromatic heterocycles. The van der Waals surface area contributed by atoms with Crippen molar-refractivity contribution in [2.24, 2.45) is 0 Å². The molecule has 2 aromatic carbocycles. The summed E-state index contributed by atoms with van der Waals surface area (Å²) in [5.74, 6) is 0.181. The van der Waals surface area contributed by atoms with E-state index in [4.69, 9.17) is 5.41 Å². The minimum atomic E-state index is 0.181. The van der Waals surface area contributed by atoms with Gasteiger partial charge in [-0.3, -0.25) is 4.79 Å². The minimum absolute atomic E-state index is 0.181. The molecule has 0 spiro atoms. The van der Waals surface area contributed by atoms with E-state index in [1.54, 1.807) is 0 Å². The second kappa shape index (κ2) is 6.17. The standard InChI is InChI=1S/C19H18BrNO/c1-12-10-15(20)6-7-16(12)19(22)9-3-13-2-4-14-5-8-18(21)17(14)11-13/h2,4,6-7,10-11,21H,3,5,8-9H2,1H3. The van der Waals surface area contributed by atoms with Gasteiger partial charge < -0.3 is 5.41 Å². The number of halogens is 1. The Morgan fingerprint density at radius 1 is 1.18 bits per heavy atom. The Kier molecular flexibility index (Phi) is 4.25. The number of carbonyl (C=O) groups is 1. The summed E-state index contributed by atoms with van der Waals surface area (Å²) >= 11 is 3.42. The lowest BCUT2D eigenvalue weighted by molar-refractivity contribution is 0.0982. The van der Waals surface area contributed by atoms with Gasteiger partial charge in [-0.25, -0.2) is 0 Å². The van der Waals surface area contributed by atoms with Crippen LogP contribution in [0.2, 0.25) is 0 Å². The molecule has 0 atom stereocenters. The van der Waals surface area contributed by atoms with E-state index in [0.29, 0.717) is 6.42 Å². The van der Waals surface area contributed by atoms with Crippen LogP contribution in [0.1, 0.15) is 45.5 Å². The summed E-state index contributed by atoms with van der Waals surface area (Å²) in [4.78, 5) is 12.4. The van der Waals surface area contributed by atoms with E-state index >= 15 is 0 Å². The molecule has 0 unspecified atom stereocenters. The van der Waals surface area contributed by atoms with Gasteiger partial charge in [0.15, 0.2) is 5.78 Å². The Balaban J connectivity index is 1.71. The number of nitrogens with one attached hydrogen (secondary N) is 1. The molecule has 112 valence electrons. The zero-order valence-corrected chi connectivity index (χ0v) is 14.2. The van der Waals surface area contributed by atoms with Crippen molar-refractivity contribution in [3.63, 3.8) is 0 Å². The first-order chi connectivity index (χ1) is 10.5. The Bertz CT molecular complexity index is 764. The van der Waals surface area contributed by atoms with E-state index < -0.39 is 0 Å². The number of hydrogen-bond acceptors (Lipinski definition) is 2. The third-order valence-electron chi connectivity index (χ3n) is 4.27. The summed E-state index contributed by atoms with van der Waals surface area (Å²) in [6.07, 6.45) is 3.06. The van der Waals surface area contributed by atoms with Gasteiger partial charge in [0.05, 0.1) is 0 Å². The molecule has 0 saturated heterocycles. The third-order valence-corrected chi connectivity index (χ3v) is 4.77. The zero-order valence-electron chi connectivity index (χ0n) is 12.6. The maximum absolute atomic E-state index is 12.4. The van der Waals surface area contributed by atoms with Gasteiger partial charge >= 0.3 is 0 Å². The predicted octanol–water partition coefficient (Wildman–Crippen LogP) is 4.89. The molecule has 0 saturated carbocycles. The van der Waals surface area contributed by atoms with Gasteiger partial charge in [-0.15, -0.1) is 0 Å². The highest BCUT2D eigenvalue weighted by molar-refractivity contribution is 9.10. The van der Waals surface area contributed by atoms with Crippen LogP contribution < -0.4 is 0 Å². The van der Waals surface area contributed by atoms with E-state index in [1.807, 2.05) is 25.1 Å². The molecular formula is C19H18BrNO. The molecule has 0 heterocycles. The molecule has 0 aliphatic heterocycles. The van der Waals surface area contributed by atoms with E-state index in [-0.39, 0.29) is 5.78 Å². The van der Waals surface area contributed by atoms with Crippen molar-refractivity contribution in [3.8, 4) is 0 Å². The average Bonchev–Trinajstić information content (AvgIpc) is 2.86. The van der Waals surface area contributed by atoms with Crippen LogP contribution in [0, 0.1) is 12.3 Å². The van der Waals surface area contributed by atoms with Crippen LogP contribution >= 0.6 is 15.9 Å². The number of benzene rings is 2. The van der Waals surface area contributed by atoms with Crippen molar-refractivity contribution in [3.05, 3.63) is 68.7 Å². The molecule has 3 rings (SSSR count). The second-order valence-electron chi connectivity index (χ2n) is 5.85. The fourth-order valence-corrected chi connectivity index (χ4v) is 3.48. The first kappa shape index (κ1) is 15.2. The maximum atomic E-state index is 12.4. The van der Waals surface area contributed by atoms with E-state index in [1.165, 1.54) is 5.56 Å². The fourth-order valence-electron chi connectivity index (χ4n) is 3.00. The monoisotopic (exact) mass is 355 g/mol. The number of fused-ring (bicyclic) bond motifs is 1. The number of rotatable bonds is 4. The summed E-state index contributed by atoms with van der Waals surface area (Å²) in [6, 6.07) is 12.1. The van der Waals surface area contributed by atoms with Crippen LogP contribution in [0.25, 0.3) is 0 Å². The van der Waals surface area contributed by atoms with Crippen LogP contribution in [0.5, 0.6) is 0 Å². The minimum Gasteiger partial charge on any atom is -0.305 e. The first-order valence-corrected chi connectivity index (χ1v) is 8.33. The van der Waals surface area contributed by atoms with Crippen LogP contribution in [-0.2, 0) is 12.8 Å².